The fourth-order valence-corrected chi connectivity index (χ4v) is 5.38. The minimum absolute atomic E-state index is 0.0462. The number of nitrogens with one attached hydrogen (secondary N) is 2. The molecule has 3 unspecified atom stereocenters. The van der Waals surface area contributed by atoms with Gasteiger partial charge in [-0.25, -0.2) is 4.98 Å². The van der Waals surface area contributed by atoms with Crippen molar-refractivity contribution in [3.05, 3.63) is 40.4 Å². The number of thiazole rings is 1. The molecule has 0 spiro atoms. The molecule has 2 fully saturated rings. The van der Waals surface area contributed by atoms with Gasteiger partial charge in [-0.05, 0) is 83.8 Å². The molecule has 0 bridgehead atoms. The van der Waals surface area contributed by atoms with Gasteiger partial charge in [-0.15, -0.1) is 11.3 Å². The van der Waals surface area contributed by atoms with Crippen LogP contribution < -0.4 is 26.8 Å². The highest BCUT2D eigenvalue weighted by Gasteiger charge is 2.57. The van der Waals surface area contributed by atoms with Gasteiger partial charge in [-0.3, -0.25) is 19.4 Å². The van der Waals surface area contributed by atoms with Gasteiger partial charge in [0.2, 0.25) is 0 Å². The molecule has 3 aliphatic heterocycles. The number of carbonyl (C=O) groups excluding carboxylic acids is 2. The first-order chi connectivity index (χ1) is 22.0. The van der Waals surface area contributed by atoms with E-state index in [4.69, 9.17) is 39.8 Å². The summed E-state index contributed by atoms with van der Waals surface area (Å²) in [7, 11) is 0. The van der Waals surface area contributed by atoms with Crippen LogP contribution in [0, 0.1) is 0 Å². The third-order valence-electron chi connectivity index (χ3n) is 7.24. The number of fused-ring (bicyclic) bond motifs is 1. The number of nitrogens with two attached hydrogens (primary N) is 2. The normalized spacial score (nSPS) is 20.5. The van der Waals surface area contributed by atoms with Gasteiger partial charge in [-0.1, -0.05) is 5.16 Å². The van der Waals surface area contributed by atoms with Gasteiger partial charge in [0.05, 0.1) is 5.54 Å². The van der Waals surface area contributed by atoms with E-state index in [-0.39, 0.29) is 41.4 Å². The number of amidine groups is 1. The third kappa shape index (κ3) is 9.06. The van der Waals surface area contributed by atoms with Crippen molar-refractivity contribution in [1.29, 1.82) is 0 Å². The van der Waals surface area contributed by atoms with Crippen LogP contribution >= 0.6 is 23.7 Å². The maximum Gasteiger partial charge on any atom is 0.290 e. The number of carbonyl (C=O) groups is 3. The minimum atomic E-state index is -0.921. The van der Waals surface area contributed by atoms with E-state index in [1.54, 1.807) is 26.2 Å². The molecule has 5 rings (SSSR count). The lowest BCUT2D eigenvalue weighted by atomic mass is 9.84. The highest BCUT2D eigenvalue weighted by atomic mass is 32.2. The molecule has 0 aliphatic carbocycles. The number of hydrogen-bond donors (Lipinski definition) is 6. The summed E-state index contributed by atoms with van der Waals surface area (Å²) in [6.07, 6.45) is 1.94. The third-order valence-corrected chi connectivity index (χ3v) is 8.13. The Balaban J connectivity index is 0.000000737. The molecule has 8 N–H and O–H groups in total. The number of benzene rings is 1. The monoisotopic (exact) mass is 680 g/mol. The van der Waals surface area contributed by atoms with Crippen LogP contribution in [-0.2, 0) is 29.9 Å². The Morgan fingerprint density at radius 2 is 2.09 bits per heavy atom. The summed E-state index contributed by atoms with van der Waals surface area (Å²) in [6.45, 7) is 9.94. The first-order valence-electron chi connectivity index (χ1n) is 14.4. The molecular weight excluding hydrogens is 640 g/mol. The second-order valence-electron chi connectivity index (χ2n) is 10.7. The van der Waals surface area contributed by atoms with Crippen LogP contribution in [0.3, 0.4) is 0 Å². The van der Waals surface area contributed by atoms with Gasteiger partial charge in [-0.2, -0.15) is 9.35 Å². The van der Waals surface area contributed by atoms with E-state index >= 15 is 0 Å². The number of hydroxylamine groups is 2. The molecule has 16 nitrogen and oxygen atoms in total. The zero-order valence-electron chi connectivity index (χ0n) is 26.0. The van der Waals surface area contributed by atoms with Crippen LogP contribution in [0.5, 0.6) is 5.75 Å². The lowest BCUT2D eigenvalue weighted by Crippen LogP contribution is -2.76. The van der Waals surface area contributed by atoms with Gasteiger partial charge < -0.3 is 41.3 Å². The number of aromatic nitrogens is 1. The maximum absolute atomic E-state index is 13.2. The predicted molar refractivity (Wildman–Crippen MR) is 174 cm³/mol. The summed E-state index contributed by atoms with van der Waals surface area (Å²) >= 11 is 1.19. The van der Waals surface area contributed by atoms with Crippen molar-refractivity contribution in [3.8, 4) is 5.75 Å². The van der Waals surface area contributed by atoms with Crippen molar-refractivity contribution < 1.29 is 37.9 Å². The van der Waals surface area contributed by atoms with E-state index in [2.05, 4.69) is 25.8 Å². The molecule has 3 aliphatic rings. The van der Waals surface area contributed by atoms with Crippen molar-refractivity contribution in [2.75, 3.05) is 25.4 Å². The fourth-order valence-electron chi connectivity index (χ4n) is 4.50. The Kier molecular flexibility index (Phi) is 13.6. The molecule has 46 heavy (non-hydrogen) atoms. The van der Waals surface area contributed by atoms with E-state index in [0.717, 1.165) is 39.7 Å². The molecule has 2 aromatic rings. The lowest BCUT2D eigenvalue weighted by Gasteiger charge is -2.50. The standard InChI is InChI=1S/C24H31N7O6S2.C3H7N.CH2O2/c1-5-27-20(25)14-7-9-17-13(10-14)6-8-16(35-17)12(2)36-30-18(15-11-38-23(26)28-15)21(32)29-19-22(33)31(37-39-34)24(19,3)4;1-2-4-3-1;2-1-3/h7,9-12,16,19,34H,5-6,8H2,1-4H3,(H2,25,27)(H2,26,28)(H,29,32);4H,1-3H2;1H,(H,2,3)/b30-18-;;. The molecule has 2 amide bonds. The number of amides is 2. The molecule has 0 saturated carbocycles. The van der Waals surface area contributed by atoms with E-state index in [1.165, 1.54) is 19.5 Å². The molecule has 18 heteroatoms. The van der Waals surface area contributed by atoms with Crippen molar-refractivity contribution in [2.45, 2.75) is 70.7 Å². The molecule has 4 heterocycles. The number of anilines is 1. The molecular formula is C28H40N8O8S2. The summed E-state index contributed by atoms with van der Waals surface area (Å²) in [5.41, 5.74) is 12.8. The molecule has 0 radical (unpaired) electrons. The van der Waals surface area contributed by atoms with Crippen LogP contribution in [0.1, 0.15) is 57.4 Å². The number of β-lactam (4-membered cyclic amide) rings is 1. The number of aryl methyl sites for hydroxylation is 1. The summed E-state index contributed by atoms with van der Waals surface area (Å²) in [5.74, 6) is 0.00874. The topological polar surface area (TPSA) is 236 Å². The van der Waals surface area contributed by atoms with Crippen LogP contribution in [0.15, 0.2) is 33.7 Å². The molecule has 252 valence electrons. The summed E-state index contributed by atoms with van der Waals surface area (Å²) in [5, 5.41) is 19.6. The Morgan fingerprint density at radius 1 is 1.41 bits per heavy atom. The second kappa shape index (κ2) is 17.1. The number of ether oxygens (including phenoxy) is 1. The highest BCUT2D eigenvalue weighted by molar-refractivity contribution is 7.88. The smallest absolute Gasteiger partial charge is 0.290 e. The van der Waals surface area contributed by atoms with E-state index < -0.39 is 29.5 Å². The number of nitrogen functional groups attached to an aromatic ring is 1. The largest absolute Gasteiger partial charge is 0.486 e. The van der Waals surface area contributed by atoms with Crippen LogP contribution in [0.25, 0.3) is 0 Å². The van der Waals surface area contributed by atoms with Gasteiger partial charge in [0.15, 0.2) is 29.3 Å². The molecule has 1 aromatic heterocycles. The van der Waals surface area contributed by atoms with Crippen molar-refractivity contribution >= 4 is 58.6 Å². The number of carboxylic acid groups (broad SMARTS) is 1. The average molecular weight is 681 g/mol. The lowest BCUT2D eigenvalue weighted by molar-refractivity contribution is -0.214. The predicted octanol–water partition coefficient (Wildman–Crippen LogP) is 1.79. The Labute approximate surface area is 274 Å². The van der Waals surface area contributed by atoms with Crippen LogP contribution in [0.2, 0.25) is 0 Å². The average Bonchev–Trinajstić information content (AvgIpc) is 3.43. The Bertz CT molecular complexity index is 1410. The first kappa shape index (κ1) is 36.5. The van der Waals surface area contributed by atoms with E-state index in [9.17, 15) is 9.59 Å². The Morgan fingerprint density at radius 3 is 2.63 bits per heavy atom. The summed E-state index contributed by atoms with van der Waals surface area (Å²) < 4.78 is 20.0. The van der Waals surface area contributed by atoms with Gasteiger partial charge in [0.1, 0.15) is 29.4 Å². The molecule has 1 aromatic carbocycles. The number of aliphatic imine (C=N–C) groups is 1. The molecule has 2 saturated heterocycles. The zero-order valence-corrected chi connectivity index (χ0v) is 27.6. The van der Waals surface area contributed by atoms with Crippen LogP contribution in [-0.4, -0.2) is 93.0 Å². The highest BCUT2D eigenvalue weighted by Crippen LogP contribution is 2.34. The molecule has 3 atom stereocenters. The minimum Gasteiger partial charge on any atom is -0.486 e. The zero-order chi connectivity index (χ0) is 33.9. The maximum atomic E-state index is 13.2. The fraction of sp³-hybridized carbons (Fsp3) is 0.500. The van der Waals surface area contributed by atoms with E-state index in [1.807, 2.05) is 25.1 Å². The summed E-state index contributed by atoms with van der Waals surface area (Å²) in [6, 6.07) is 4.79. The number of nitrogens with zero attached hydrogens (tertiary/aromatic N) is 4. The van der Waals surface area contributed by atoms with Gasteiger partial charge in [0.25, 0.3) is 18.3 Å². The van der Waals surface area contributed by atoms with Gasteiger partial charge >= 0.3 is 0 Å². The first-order valence-corrected chi connectivity index (χ1v) is 16.0. The number of rotatable bonds is 10. The van der Waals surface area contributed by atoms with Crippen molar-refractivity contribution in [3.63, 3.8) is 0 Å². The SMILES string of the molecule is C1CNC1.CCN=C(N)c1ccc2c(c1)CCC(C(C)O/N=C(\C(=O)NC1C(=O)N(OSO)C1(C)C)c1csc(N)n1)O2.O=CO. The van der Waals surface area contributed by atoms with Crippen molar-refractivity contribution in [2.24, 2.45) is 15.9 Å². The second-order valence-corrected chi connectivity index (χ2v) is 11.9. The van der Waals surface area contributed by atoms with Crippen molar-refractivity contribution in [1.82, 2.24) is 20.7 Å². The van der Waals surface area contributed by atoms with Gasteiger partial charge in [0, 0.05) is 17.5 Å². The number of oxime groups is 1. The Hall–Kier alpha value is -3.97. The number of hydrogen-bond acceptors (Lipinski definition) is 14. The quantitative estimate of drug-likeness (QED) is 0.0525. The summed E-state index contributed by atoms with van der Waals surface area (Å²) in [4.78, 5) is 48.2. The van der Waals surface area contributed by atoms with Crippen LogP contribution in [0.4, 0.5) is 5.13 Å². The van der Waals surface area contributed by atoms with E-state index in [0.29, 0.717) is 18.8 Å².